The highest BCUT2D eigenvalue weighted by atomic mass is 35.5. The maximum atomic E-state index is 13.4. The van der Waals surface area contributed by atoms with Gasteiger partial charge in [0.1, 0.15) is 12.4 Å². The molecular weight excluding hydrogens is 571 g/mol. The summed E-state index contributed by atoms with van der Waals surface area (Å²) >= 11 is 12.2. The first-order valence-electron chi connectivity index (χ1n) is 10.9. The van der Waals surface area contributed by atoms with Gasteiger partial charge in [-0.2, -0.15) is 0 Å². The van der Waals surface area contributed by atoms with Crippen molar-refractivity contribution in [3.05, 3.63) is 107 Å². The largest absolute Gasteiger partial charge is 0.325 e. The number of hydrogen-bond acceptors (Lipinski definition) is 6. The van der Waals surface area contributed by atoms with Crippen molar-refractivity contribution in [2.75, 3.05) is 20.9 Å². The van der Waals surface area contributed by atoms with Crippen molar-refractivity contribution in [1.29, 1.82) is 0 Å². The third-order valence-electron chi connectivity index (χ3n) is 5.11. The van der Waals surface area contributed by atoms with Crippen LogP contribution in [-0.2, 0) is 24.8 Å². The molecule has 0 bridgehead atoms. The van der Waals surface area contributed by atoms with Crippen LogP contribution in [0.25, 0.3) is 0 Å². The van der Waals surface area contributed by atoms with Gasteiger partial charge in [0.2, 0.25) is 5.91 Å². The van der Waals surface area contributed by atoms with E-state index in [1.807, 2.05) is 0 Å². The number of carbonyl (C=O) groups excluding carboxylic acids is 1. The summed E-state index contributed by atoms with van der Waals surface area (Å²) in [5, 5.41) is 2.97. The van der Waals surface area contributed by atoms with Crippen LogP contribution in [0.5, 0.6) is 0 Å². The number of anilines is 3. The SMILES string of the molecule is O=C(CN(c1cc(Cl)cc(Cl)c1)S(=O)(=O)c1ccccc1)Nc1ccc(S(=O)(=O)Nc2ccccn2)cc1. The van der Waals surface area contributed by atoms with Gasteiger partial charge >= 0.3 is 0 Å². The molecule has 4 rings (SSSR count). The van der Waals surface area contributed by atoms with Gasteiger partial charge in [0.05, 0.1) is 15.5 Å². The molecular formula is C25H20Cl2N4O5S2. The molecule has 1 aromatic heterocycles. The summed E-state index contributed by atoms with van der Waals surface area (Å²) in [6.07, 6.45) is 1.45. The highest BCUT2D eigenvalue weighted by Gasteiger charge is 2.28. The average molecular weight is 591 g/mol. The Hall–Kier alpha value is -3.64. The molecule has 13 heteroatoms. The molecule has 0 saturated heterocycles. The number of halogens is 2. The Kier molecular flexibility index (Phi) is 8.22. The Morgan fingerprint density at radius 2 is 1.42 bits per heavy atom. The molecule has 38 heavy (non-hydrogen) atoms. The van der Waals surface area contributed by atoms with E-state index in [0.29, 0.717) is 0 Å². The highest BCUT2D eigenvalue weighted by Crippen LogP contribution is 2.30. The van der Waals surface area contributed by atoms with E-state index in [9.17, 15) is 21.6 Å². The van der Waals surface area contributed by atoms with Gasteiger partial charge in [0.25, 0.3) is 20.0 Å². The number of rotatable bonds is 9. The molecule has 1 amide bonds. The minimum Gasteiger partial charge on any atom is -0.325 e. The molecule has 4 aromatic rings. The number of hydrogen-bond donors (Lipinski definition) is 2. The summed E-state index contributed by atoms with van der Waals surface area (Å²) in [6.45, 7) is -0.602. The van der Waals surface area contributed by atoms with E-state index in [2.05, 4.69) is 15.0 Å². The molecule has 0 aliphatic carbocycles. The van der Waals surface area contributed by atoms with Crippen LogP contribution in [-0.4, -0.2) is 34.3 Å². The van der Waals surface area contributed by atoms with Gasteiger partial charge < -0.3 is 5.32 Å². The van der Waals surface area contributed by atoms with Gasteiger partial charge in [-0.3, -0.25) is 13.8 Å². The van der Waals surface area contributed by atoms with Gasteiger partial charge in [-0.1, -0.05) is 47.5 Å². The number of pyridine rings is 1. The zero-order chi connectivity index (χ0) is 27.3. The zero-order valence-corrected chi connectivity index (χ0v) is 22.6. The van der Waals surface area contributed by atoms with Crippen LogP contribution < -0.4 is 14.3 Å². The van der Waals surface area contributed by atoms with Gasteiger partial charge in [0, 0.05) is 21.9 Å². The summed E-state index contributed by atoms with van der Waals surface area (Å²) in [4.78, 5) is 16.8. The van der Waals surface area contributed by atoms with E-state index in [4.69, 9.17) is 23.2 Å². The quantitative estimate of drug-likeness (QED) is 0.282. The Labute approximate surface area is 230 Å². The fraction of sp³-hybridized carbons (Fsp3) is 0.0400. The standard InChI is InChI=1S/C25H20Cl2N4O5S2/c26-18-14-19(27)16-21(15-18)31(38(35,36)23-6-2-1-3-7-23)17-25(32)29-20-9-11-22(12-10-20)37(33,34)30-24-8-4-5-13-28-24/h1-16H,17H2,(H,28,30)(H,29,32). The summed E-state index contributed by atoms with van der Waals surface area (Å²) in [5.41, 5.74) is 0.358. The second-order valence-electron chi connectivity index (χ2n) is 7.85. The Balaban J connectivity index is 1.55. The van der Waals surface area contributed by atoms with E-state index in [0.717, 1.165) is 4.31 Å². The van der Waals surface area contributed by atoms with Crippen LogP contribution in [0.4, 0.5) is 17.2 Å². The smallest absolute Gasteiger partial charge is 0.264 e. The summed E-state index contributed by atoms with van der Waals surface area (Å²) in [6, 6.07) is 22.0. The predicted molar refractivity (Wildman–Crippen MR) is 148 cm³/mol. The van der Waals surface area contributed by atoms with E-state index in [1.165, 1.54) is 66.9 Å². The van der Waals surface area contributed by atoms with Crippen LogP contribution >= 0.6 is 23.2 Å². The third-order valence-corrected chi connectivity index (χ3v) is 8.70. The number of sulfonamides is 2. The summed E-state index contributed by atoms with van der Waals surface area (Å²) < 4.78 is 55.3. The molecule has 9 nitrogen and oxygen atoms in total. The number of benzene rings is 3. The normalized spacial score (nSPS) is 11.5. The van der Waals surface area contributed by atoms with Crippen LogP contribution in [0.3, 0.4) is 0 Å². The fourth-order valence-corrected chi connectivity index (χ4v) is 6.33. The molecule has 0 fully saturated rings. The Morgan fingerprint density at radius 3 is 2.03 bits per heavy atom. The van der Waals surface area contributed by atoms with E-state index >= 15 is 0 Å². The van der Waals surface area contributed by atoms with Crippen LogP contribution in [0, 0.1) is 0 Å². The molecule has 0 aliphatic rings. The molecule has 0 radical (unpaired) electrons. The van der Waals surface area contributed by atoms with Gasteiger partial charge in [-0.05, 0) is 66.7 Å². The van der Waals surface area contributed by atoms with Crippen molar-refractivity contribution in [2.24, 2.45) is 0 Å². The Morgan fingerprint density at radius 1 is 0.789 bits per heavy atom. The molecule has 0 saturated carbocycles. The molecule has 0 unspecified atom stereocenters. The lowest BCUT2D eigenvalue weighted by molar-refractivity contribution is -0.114. The molecule has 1 heterocycles. The lowest BCUT2D eigenvalue weighted by Gasteiger charge is -2.24. The van der Waals surface area contributed by atoms with Crippen molar-refractivity contribution in [3.63, 3.8) is 0 Å². The van der Waals surface area contributed by atoms with Gasteiger partial charge in [0.15, 0.2) is 0 Å². The number of carbonyl (C=O) groups is 1. The maximum Gasteiger partial charge on any atom is 0.264 e. The predicted octanol–water partition coefficient (Wildman–Crippen LogP) is 5.02. The highest BCUT2D eigenvalue weighted by molar-refractivity contribution is 7.93. The molecule has 0 spiro atoms. The number of amides is 1. The molecule has 2 N–H and O–H groups in total. The van der Waals surface area contributed by atoms with Crippen LogP contribution in [0.1, 0.15) is 0 Å². The van der Waals surface area contributed by atoms with Crippen molar-refractivity contribution in [2.45, 2.75) is 9.79 Å². The van der Waals surface area contributed by atoms with Crippen LogP contribution in [0.2, 0.25) is 10.0 Å². The molecule has 3 aromatic carbocycles. The first kappa shape index (κ1) is 27.4. The molecule has 0 aliphatic heterocycles. The monoisotopic (exact) mass is 590 g/mol. The van der Waals surface area contributed by atoms with Crippen LogP contribution in [0.15, 0.2) is 107 Å². The van der Waals surface area contributed by atoms with Gasteiger partial charge in [-0.15, -0.1) is 0 Å². The van der Waals surface area contributed by atoms with Crippen molar-refractivity contribution in [3.8, 4) is 0 Å². The zero-order valence-electron chi connectivity index (χ0n) is 19.5. The Bertz CT molecular complexity index is 1630. The van der Waals surface area contributed by atoms with Crippen molar-refractivity contribution < 1.29 is 21.6 Å². The summed E-state index contributed by atoms with van der Waals surface area (Å²) in [5.74, 6) is -0.520. The van der Waals surface area contributed by atoms with E-state index in [-0.39, 0.29) is 37.0 Å². The van der Waals surface area contributed by atoms with Gasteiger partial charge in [-0.25, -0.2) is 21.8 Å². The second kappa shape index (κ2) is 11.4. The first-order valence-corrected chi connectivity index (χ1v) is 14.6. The maximum absolute atomic E-state index is 13.4. The fourth-order valence-electron chi connectivity index (χ4n) is 3.39. The third kappa shape index (κ3) is 6.62. The lowest BCUT2D eigenvalue weighted by Crippen LogP contribution is -2.38. The minimum atomic E-state index is -4.17. The molecule has 196 valence electrons. The minimum absolute atomic E-state index is 0.0288. The van der Waals surface area contributed by atoms with Crippen molar-refractivity contribution in [1.82, 2.24) is 4.98 Å². The second-order valence-corrected chi connectivity index (χ2v) is 12.3. The van der Waals surface area contributed by atoms with E-state index < -0.39 is 32.5 Å². The topological polar surface area (TPSA) is 126 Å². The molecule has 0 atom stereocenters. The van der Waals surface area contributed by atoms with E-state index in [1.54, 1.807) is 30.3 Å². The number of nitrogens with one attached hydrogen (secondary N) is 2. The lowest BCUT2D eigenvalue weighted by atomic mass is 10.3. The number of aromatic nitrogens is 1. The van der Waals surface area contributed by atoms with Crippen molar-refractivity contribution >= 4 is 66.3 Å². The first-order chi connectivity index (χ1) is 18.0. The number of nitrogens with zero attached hydrogens (tertiary/aromatic N) is 2. The summed E-state index contributed by atoms with van der Waals surface area (Å²) in [7, 11) is -8.08. The average Bonchev–Trinajstić information content (AvgIpc) is 2.88.